The van der Waals surface area contributed by atoms with E-state index in [1.165, 1.54) is 21.8 Å². The van der Waals surface area contributed by atoms with Crippen LogP contribution in [-0.2, 0) is 17.8 Å². The van der Waals surface area contributed by atoms with E-state index in [2.05, 4.69) is 16.8 Å². The van der Waals surface area contributed by atoms with E-state index in [-0.39, 0.29) is 17.7 Å². The molecular formula is C17H20N2O2S2. The molecule has 1 aliphatic heterocycles. The molecule has 23 heavy (non-hydrogen) atoms. The minimum atomic E-state index is -0.482. The van der Waals surface area contributed by atoms with E-state index in [1.54, 1.807) is 17.4 Å². The minimum Gasteiger partial charge on any atom is -0.339 e. The molecule has 0 saturated heterocycles. The Morgan fingerprint density at radius 1 is 1.22 bits per heavy atom. The number of hydrogen-bond donors (Lipinski definition) is 1. The van der Waals surface area contributed by atoms with Gasteiger partial charge in [-0.05, 0) is 40.8 Å². The highest BCUT2D eigenvalue weighted by Crippen LogP contribution is 2.25. The maximum atomic E-state index is 12.9. The van der Waals surface area contributed by atoms with Crippen LogP contribution in [0.25, 0.3) is 0 Å². The van der Waals surface area contributed by atoms with Gasteiger partial charge in [-0.2, -0.15) is 0 Å². The van der Waals surface area contributed by atoms with Crippen LogP contribution in [0, 0.1) is 5.92 Å². The predicted octanol–water partition coefficient (Wildman–Crippen LogP) is 3.15. The standard InChI is InChI=1S/C17H20N2O2S2/c1-11(2)15(18-16(20)14-4-3-8-22-14)17(21)19-7-5-13-12(10-19)6-9-23-13/h3-4,6,8-9,11,15H,5,7,10H2,1-2H3,(H,18,20). The summed E-state index contributed by atoms with van der Waals surface area (Å²) in [4.78, 5) is 29.1. The Morgan fingerprint density at radius 2 is 2.04 bits per heavy atom. The fraction of sp³-hybridized carbons (Fsp3) is 0.412. The molecule has 2 aromatic heterocycles. The molecular weight excluding hydrogens is 328 g/mol. The lowest BCUT2D eigenvalue weighted by Gasteiger charge is -2.32. The molecule has 0 spiro atoms. The second-order valence-corrected chi connectivity index (χ2v) is 8.00. The van der Waals surface area contributed by atoms with Gasteiger partial charge in [-0.1, -0.05) is 19.9 Å². The van der Waals surface area contributed by atoms with Gasteiger partial charge in [0, 0.05) is 18.0 Å². The third-order valence-electron chi connectivity index (χ3n) is 4.08. The zero-order valence-corrected chi connectivity index (χ0v) is 14.9. The van der Waals surface area contributed by atoms with Gasteiger partial charge in [-0.3, -0.25) is 9.59 Å². The summed E-state index contributed by atoms with van der Waals surface area (Å²) in [6, 6.07) is 5.23. The monoisotopic (exact) mass is 348 g/mol. The largest absolute Gasteiger partial charge is 0.339 e. The Balaban J connectivity index is 1.71. The molecule has 2 amide bonds. The van der Waals surface area contributed by atoms with Crippen molar-refractivity contribution in [1.82, 2.24) is 10.2 Å². The SMILES string of the molecule is CC(C)C(NC(=O)c1cccs1)C(=O)N1CCc2sccc2C1. The summed E-state index contributed by atoms with van der Waals surface area (Å²) >= 11 is 3.14. The summed E-state index contributed by atoms with van der Waals surface area (Å²) in [5, 5.41) is 6.86. The molecule has 0 fully saturated rings. The lowest BCUT2D eigenvalue weighted by Crippen LogP contribution is -2.52. The van der Waals surface area contributed by atoms with Crippen LogP contribution >= 0.6 is 22.7 Å². The van der Waals surface area contributed by atoms with Crippen molar-refractivity contribution in [2.24, 2.45) is 5.92 Å². The molecule has 2 aromatic rings. The van der Waals surface area contributed by atoms with Crippen LogP contribution in [0.3, 0.4) is 0 Å². The molecule has 0 bridgehead atoms. The molecule has 1 N–H and O–H groups in total. The first-order valence-electron chi connectivity index (χ1n) is 7.74. The van der Waals surface area contributed by atoms with Crippen LogP contribution in [0.4, 0.5) is 0 Å². The molecule has 6 heteroatoms. The Kier molecular flexibility index (Phi) is 4.82. The topological polar surface area (TPSA) is 49.4 Å². The molecule has 0 saturated carbocycles. The number of rotatable bonds is 4. The van der Waals surface area contributed by atoms with Gasteiger partial charge in [0.15, 0.2) is 0 Å². The van der Waals surface area contributed by atoms with Gasteiger partial charge in [0.05, 0.1) is 4.88 Å². The smallest absolute Gasteiger partial charge is 0.262 e. The van der Waals surface area contributed by atoms with E-state index in [4.69, 9.17) is 0 Å². The zero-order chi connectivity index (χ0) is 16.4. The van der Waals surface area contributed by atoms with Gasteiger partial charge >= 0.3 is 0 Å². The Hall–Kier alpha value is -1.66. The number of fused-ring (bicyclic) bond motifs is 1. The van der Waals surface area contributed by atoms with E-state index >= 15 is 0 Å². The molecule has 122 valence electrons. The Labute approximate surface area is 144 Å². The molecule has 1 atom stereocenters. The number of nitrogens with zero attached hydrogens (tertiary/aromatic N) is 1. The highest BCUT2D eigenvalue weighted by molar-refractivity contribution is 7.12. The van der Waals surface area contributed by atoms with Crippen molar-refractivity contribution in [3.05, 3.63) is 44.3 Å². The maximum absolute atomic E-state index is 12.9. The molecule has 1 aliphatic rings. The number of thiophene rings is 2. The van der Waals surface area contributed by atoms with Gasteiger partial charge in [0.1, 0.15) is 6.04 Å². The third-order valence-corrected chi connectivity index (χ3v) is 5.98. The lowest BCUT2D eigenvalue weighted by molar-refractivity contribution is -0.135. The number of hydrogen-bond acceptors (Lipinski definition) is 4. The van der Waals surface area contributed by atoms with Crippen molar-refractivity contribution < 1.29 is 9.59 Å². The van der Waals surface area contributed by atoms with E-state index in [1.807, 2.05) is 30.2 Å². The van der Waals surface area contributed by atoms with Gasteiger partial charge in [0.2, 0.25) is 5.91 Å². The van der Waals surface area contributed by atoms with Crippen molar-refractivity contribution >= 4 is 34.5 Å². The lowest BCUT2D eigenvalue weighted by atomic mass is 10.0. The average Bonchev–Trinajstić information content (AvgIpc) is 3.21. The van der Waals surface area contributed by atoms with Gasteiger partial charge < -0.3 is 10.2 Å². The molecule has 0 aromatic carbocycles. The highest BCUT2D eigenvalue weighted by Gasteiger charge is 2.31. The summed E-state index contributed by atoms with van der Waals surface area (Å²) in [6.45, 7) is 5.31. The van der Waals surface area contributed by atoms with E-state index in [0.29, 0.717) is 11.4 Å². The maximum Gasteiger partial charge on any atom is 0.262 e. The summed E-state index contributed by atoms with van der Waals surface area (Å²) in [7, 11) is 0. The molecule has 1 unspecified atom stereocenters. The zero-order valence-electron chi connectivity index (χ0n) is 13.2. The molecule has 0 radical (unpaired) electrons. The number of nitrogens with one attached hydrogen (secondary N) is 1. The van der Waals surface area contributed by atoms with Crippen molar-refractivity contribution in [2.75, 3.05) is 6.54 Å². The van der Waals surface area contributed by atoms with Crippen LogP contribution in [0.1, 0.15) is 34.0 Å². The van der Waals surface area contributed by atoms with E-state index < -0.39 is 6.04 Å². The van der Waals surface area contributed by atoms with Crippen LogP contribution in [0.5, 0.6) is 0 Å². The first-order chi connectivity index (χ1) is 11.1. The van der Waals surface area contributed by atoms with Crippen molar-refractivity contribution in [3.8, 4) is 0 Å². The van der Waals surface area contributed by atoms with Gasteiger partial charge in [-0.15, -0.1) is 22.7 Å². The van der Waals surface area contributed by atoms with Crippen LogP contribution in [-0.4, -0.2) is 29.3 Å². The van der Waals surface area contributed by atoms with E-state index in [0.717, 1.165) is 13.0 Å². The first kappa shape index (κ1) is 16.2. The molecule has 3 rings (SSSR count). The highest BCUT2D eigenvalue weighted by atomic mass is 32.1. The number of carbonyl (C=O) groups is 2. The summed E-state index contributed by atoms with van der Waals surface area (Å²) in [5.74, 6) is -0.0997. The predicted molar refractivity (Wildman–Crippen MR) is 93.9 cm³/mol. The van der Waals surface area contributed by atoms with E-state index in [9.17, 15) is 9.59 Å². The van der Waals surface area contributed by atoms with Crippen molar-refractivity contribution in [1.29, 1.82) is 0 Å². The average molecular weight is 348 g/mol. The number of carbonyl (C=O) groups excluding carboxylic acids is 2. The van der Waals surface area contributed by atoms with Gasteiger partial charge in [0.25, 0.3) is 5.91 Å². The molecule has 3 heterocycles. The molecule has 4 nitrogen and oxygen atoms in total. The van der Waals surface area contributed by atoms with Crippen molar-refractivity contribution in [3.63, 3.8) is 0 Å². The number of amides is 2. The Morgan fingerprint density at radius 3 is 2.74 bits per heavy atom. The van der Waals surface area contributed by atoms with Crippen LogP contribution in [0.2, 0.25) is 0 Å². The molecule has 0 aliphatic carbocycles. The first-order valence-corrected chi connectivity index (χ1v) is 9.50. The summed E-state index contributed by atoms with van der Waals surface area (Å²) < 4.78 is 0. The quantitative estimate of drug-likeness (QED) is 0.923. The normalized spacial score (nSPS) is 15.3. The fourth-order valence-corrected chi connectivity index (χ4v) is 4.28. The fourth-order valence-electron chi connectivity index (χ4n) is 2.77. The van der Waals surface area contributed by atoms with Gasteiger partial charge in [-0.25, -0.2) is 0 Å². The second kappa shape index (κ2) is 6.84. The van der Waals surface area contributed by atoms with Crippen molar-refractivity contribution in [2.45, 2.75) is 32.9 Å². The summed E-state index contributed by atoms with van der Waals surface area (Å²) in [6.07, 6.45) is 0.905. The van der Waals surface area contributed by atoms with Crippen LogP contribution in [0.15, 0.2) is 29.0 Å². The van der Waals surface area contributed by atoms with Crippen LogP contribution < -0.4 is 5.32 Å². The second-order valence-electron chi connectivity index (χ2n) is 6.05. The summed E-state index contributed by atoms with van der Waals surface area (Å²) in [5.41, 5.74) is 1.24. The third kappa shape index (κ3) is 3.48. The minimum absolute atomic E-state index is 0.0155. The Bertz CT molecular complexity index is 691.